The van der Waals surface area contributed by atoms with Gasteiger partial charge in [0.2, 0.25) is 9.84 Å². The maximum absolute atomic E-state index is 13.6. The van der Waals surface area contributed by atoms with Crippen LogP contribution in [0, 0.1) is 11.6 Å². The maximum Gasteiger partial charge on any atom is 0.206 e. The van der Waals surface area contributed by atoms with E-state index in [0.29, 0.717) is 5.75 Å². The first kappa shape index (κ1) is 17.1. The normalized spacial score (nSPS) is 11.3. The molecule has 25 heavy (non-hydrogen) atoms. The fourth-order valence-electron chi connectivity index (χ4n) is 2.27. The molecule has 3 nitrogen and oxygen atoms in total. The van der Waals surface area contributed by atoms with E-state index in [4.69, 9.17) is 4.74 Å². The third kappa shape index (κ3) is 3.69. The topological polar surface area (TPSA) is 43.4 Å². The Labute approximate surface area is 144 Å². The van der Waals surface area contributed by atoms with Gasteiger partial charge in [0, 0.05) is 5.56 Å². The van der Waals surface area contributed by atoms with Crippen molar-refractivity contribution in [2.24, 2.45) is 0 Å². The van der Waals surface area contributed by atoms with Crippen LogP contribution in [0.15, 0.2) is 82.6 Å². The van der Waals surface area contributed by atoms with Crippen molar-refractivity contribution >= 4 is 9.84 Å². The van der Waals surface area contributed by atoms with Crippen LogP contribution in [0.2, 0.25) is 0 Å². The SMILES string of the molecule is O=S(=O)(c1ccccc1)c1ccc(OCc2cccc(F)c2F)cc1. The molecule has 0 aliphatic carbocycles. The lowest BCUT2D eigenvalue weighted by atomic mass is 10.2. The molecule has 0 aromatic heterocycles. The van der Waals surface area contributed by atoms with E-state index in [1.165, 1.54) is 48.5 Å². The van der Waals surface area contributed by atoms with Crippen molar-refractivity contribution in [3.8, 4) is 5.75 Å². The van der Waals surface area contributed by atoms with Gasteiger partial charge in [-0.1, -0.05) is 30.3 Å². The lowest BCUT2D eigenvalue weighted by molar-refractivity contribution is 0.297. The largest absolute Gasteiger partial charge is 0.489 e. The number of halogens is 2. The van der Waals surface area contributed by atoms with Gasteiger partial charge in [-0.05, 0) is 42.5 Å². The molecule has 0 amide bonds. The van der Waals surface area contributed by atoms with Crippen LogP contribution in [0.4, 0.5) is 8.78 Å². The summed E-state index contributed by atoms with van der Waals surface area (Å²) in [6.07, 6.45) is 0. The summed E-state index contributed by atoms with van der Waals surface area (Å²) in [6.45, 7) is -0.158. The number of ether oxygens (including phenoxy) is 1. The molecule has 6 heteroatoms. The predicted octanol–water partition coefficient (Wildman–Crippen LogP) is 4.38. The summed E-state index contributed by atoms with van der Waals surface area (Å²) < 4.78 is 57.1. The van der Waals surface area contributed by atoms with Crippen molar-refractivity contribution in [1.82, 2.24) is 0 Å². The van der Waals surface area contributed by atoms with Crippen LogP contribution < -0.4 is 4.74 Å². The van der Waals surface area contributed by atoms with E-state index in [1.54, 1.807) is 18.2 Å². The molecule has 0 atom stereocenters. The zero-order chi connectivity index (χ0) is 17.9. The Kier molecular flexibility index (Phi) is 4.81. The van der Waals surface area contributed by atoms with Crippen molar-refractivity contribution in [2.45, 2.75) is 16.4 Å². The third-order valence-electron chi connectivity index (χ3n) is 3.61. The second-order valence-electron chi connectivity index (χ2n) is 5.29. The quantitative estimate of drug-likeness (QED) is 0.678. The van der Waals surface area contributed by atoms with Crippen LogP contribution in [0.1, 0.15) is 5.56 Å². The first-order valence-electron chi connectivity index (χ1n) is 7.44. The zero-order valence-corrected chi connectivity index (χ0v) is 13.8. The van der Waals surface area contributed by atoms with E-state index in [1.807, 2.05) is 0 Å². The summed E-state index contributed by atoms with van der Waals surface area (Å²) in [5, 5.41) is 0. The minimum atomic E-state index is -3.60. The molecule has 0 bridgehead atoms. The highest BCUT2D eigenvalue weighted by Gasteiger charge is 2.17. The van der Waals surface area contributed by atoms with Crippen LogP contribution >= 0.6 is 0 Å². The smallest absolute Gasteiger partial charge is 0.206 e. The summed E-state index contributed by atoms with van der Waals surface area (Å²) in [6, 6.07) is 17.7. The Morgan fingerprint density at radius 3 is 2.08 bits per heavy atom. The van der Waals surface area contributed by atoms with Crippen LogP contribution in [-0.2, 0) is 16.4 Å². The number of rotatable bonds is 5. The number of benzene rings is 3. The summed E-state index contributed by atoms with van der Waals surface area (Å²) in [5.74, 6) is -1.54. The molecule has 0 spiro atoms. The molecule has 0 aliphatic heterocycles. The minimum Gasteiger partial charge on any atom is -0.489 e. The predicted molar refractivity (Wildman–Crippen MR) is 89.0 cm³/mol. The molecule has 0 saturated carbocycles. The zero-order valence-electron chi connectivity index (χ0n) is 13.0. The van der Waals surface area contributed by atoms with Crippen LogP contribution in [0.5, 0.6) is 5.75 Å². The van der Waals surface area contributed by atoms with Gasteiger partial charge < -0.3 is 4.74 Å². The highest BCUT2D eigenvalue weighted by molar-refractivity contribution is 7.91. The van der Waals surface area contributed by atoms with E-state index in [0.717, 1.165) is 6.07 Å². The Balaban J connectivity index is 1.76. The van der Waals surface area contributed by atoms with Crippen LogP contribution in [0.3, 0.4) is 0 Å². The minimum absolute atomic E-state index is 0.0842. The molecular formula is C19H14F2O3S. The average Bonchev–Trinajstić information content (AvgIpc) is 2.64. The van der Waals surface area contributed by atoms with Gasteiger partial charge in [-0.15, -0.1) is 0 Å². The van der Waals surface area contributed by atoms with Gasteiger partial charge in [0.05, 0.1) is 9.79 Å². The molecule has 0 saturated heterocycles. The first-order valence-corrected chi connectivity index (χ1v) is 8.93. The summed E-state index contributed by atoms with van der Waals surface area (Å²) >= 11 is 0. The Morgan fingerprint density at radius 2 is 1.40 bits per heavy atom. The molecule has 0 N–H and O–H groups in total. The highest BCUT2D eigenvalue weighted by atomic mass is 32.2. The molecule has 3 aromatic carbocycles. The molecule has 3 aromatic rings. The second kappa shape index (κ2) is 7.03. The summed E-state index contributed by atoms with van der Waals surface area (Å²) in [7, 11) is -3.60. The van der Waals surface area contributed by atoms with Gasteiger partial charge in [-0.2, -0.15) is 0 Å². The first-order chi connectivity index (χ1) is 12.0. The Morgan fingerprint density at radius 1 is 0.760 bits per heavy atom. The van der Waals surface area contributed by atoms with Gasteiger partial charge in [0.25, 0.3) is 0 Å². The molecule has 0 radical (unpaired) electrons. The fraction of sp³-hybridized carbons (Fsp3) is 0.0526. The van der Waals surface area contributed by atoms with Gasteiger partial charge in [0.1, 0.15) is 12.4 Å². The van der Waals surface area contributed by atoms with Crippen molar-refractivity contribution in [3.63, 3.8) is 0 Å². The molecule has 3 rings (SSSR count). The van der Waals surface area contributed by atoms with E-state index in [9.17, 15) is 17.2 Å². The van der Waals surface area contributed by atoms with E-state index < -0.39 is 21.5 Å². The van der Waals surface area contributed by atoms with Crippen molar-refractivity contribution < 1.29 is 21.9 Å². The third-order valence-corrected chi connectivity index (χ3v) is 5.40. The molecule has 128 valence electrons. The van der Waals surface area contributed by atoms with Gasteiger partial charge >= 0.3 is 0 Å². The van der Waals surface area contributed by atoms with E-state index in [2.05, 4.69) is 0 Å². The lowest BCUT2D eigenvalue weighted by Gasteiger charge is -2.09. The van der Waals surface area contributed by atoms with Crippen LogP contribution in [-0.4, -0.2) is 8.42 Å². The van der Waals surface area contributed by atoms with Crippen LogP contribution in [0.25, 0.3) is 0 Å². The van der Waals surface area contributed by atoms with Gasteiger partial charge in [-0.25, -0.2) is 17.2 Å². The molecular weight excluding hydrogens is 346 g/mol. The molecule has 0 aliphatic rings. The molecule has 0 fully saturated rings. The Bertz CT molecular complexity index is 969. The fourth-order valence-corrected chi connectivity index (χ4v) is 3.55. The highest BCUT2D eigenvalue weighted by Crippen LogP contribution is 2.23. The van der Waals surface area contributed by atoms with E-state index in [-0.39, 0.29) is 22.0 Å². The number of hydrogen-bond acceptors (Lipinski definition) is 3. The van der Waals surface area contributed by atoms with Crippen molar-refractivity contribution in [3.05, 3.63) is 90.0 Å². The molecule has 0 heterocycles. The summed E-state index contributed by atoms with van der Waals surface area (Å²) in [5.41, 5.74) is 0.0842. The standard InChI is InChI=1S/C19H14F2O3S/c20-18-8-4-5-14(19(18)21)13-24-15-9-11-17(12-10-15)25(22,23)16-6-2-1-3-7-16/h1-12H,13H2. The Hall–Kier alpha value is -2.73. The van der Waals surface area contributed by atoms with E-state index >= 15 is 0 Å². The maximum atomic E-state index is 13.6. The monoisotopic (exact) mass is 360 g/mol. The number of hydrogen-bond donors (Lipinski definition) is 0. The average molecular weight is 360 g/mol. The van der Waals surface area contributed by atoms with Gasteiger partial charge in [0.15, 0.2) is 11.6 Å². The second-order valence-corrected chi connectivity index (χ2v) is 7.24. The summed E-state index contributed by atoms with van der Waals surface area (Å²) in [4.78, 5) is 0.327. The van der Waals surface area contributed by atoms with Crippen molar-refractivity contribution in [1.29, 1.82) is 0 Å². The lowest BCUT2D eigenvalue weighted by Crippen LogP contribution is -2.03. The van der Waals surface area contributed by atoms with Crippen molar-refractivity contribution in [2.75, 3.05) is 0 Å². The molecule has 0 unspecified atom stereocenters. The number of sulfone groups is 1. The van der Waals surface area contributed by atoms with Gasteiger partial charge in [-0.3, -0.25) is 0 Å².